The van der Waals surface area contributed by atoms with Crippen LogP contribution in [-0.4, -0.2) is 45.1 Å². The fraction of sp³-hybridized carbons (Fsp3) is 0.941. The van der Waals surface area contributed by atoms with Crippen molar-refractivity contribution in [1.82, 2.24) is 3.61 Å². The van der Waals surface area contributed by atoms with Gasteiger partial charge < -0.3 is 0 Å². The molecule has 0 N–H and O–H groups in total. The molecular weight excluding hydrogens is 334 g/mol. The average Bonchev–Trinajstić information content (AvgIpc) is 2.92. The summed E-state index contributed by atoms with van der Waals surface area (Å²) in [5, 5.41) is 9.04. The van der Waals surface area contributed by atoms with Gasteiger partial charge in [0.2, 0.25) is 0 Å². The van der Waals surface area contributed by atoms with Gasteiger partial charge in [0.15, 0.2) is 0 Å². The van der Waals surface area contributed by atoms with Crippen LogP contribution < -0.4 is 0 Å². The molecule has 2 saturated carbocycles. The Kier molecular flexibility index (Phi) is 4.58. The van der Waals surface area contributed by atoms with Crippen molar-refractivity contribution in [3.63, 3.8) is 0 Å². The van der Waals surface area contributed by atoms with Crippen molar-refractivity contribution in [2.24, 2.45) is 11.8 Å². The molecule has 120 valence electrons. The van der Waals surface area contributed by atoms with Crippen molar-refractivity contribution in [2.75, 3.05) is 0 Å². The van der Waals surface area contributed by atoms with Gasteiger partial charge in [0.05, 0.1) is 0 Å². The third kappa shape index (κ3) is 2.78. The second kappa shape index (κ2) is 6.49. The number of nitrogens with zero attached hydrogens (tertiary/aromatic N) is 2. The molecule has 4 aliphatic rings. The molecule has 4 fully saturated rings. The van der Waals surface area contributed by atoms with Crippen molar-refractivity contribution in [3.8, 4) is 6.07 Å². The summed E-state index contributed by atoms with van der Waals surface area (Å²) in [5.41, 5.74) is 0. The quantitative estimate of drug-likeness (QED) is 0.709. The van der Waals surface area contributed by atoms with E-state index in [1.165, 1.54) is 32.1 Å². The van der Waals surface area contributed by atoms with E-state index in [9.17, 15) is 0 Å². The number of piperidine rings is 1. The summed E-state index contributed by atoms with van der Waals surface area (Å²) in [6, 6.07) is 3.75. The van der Waals surface area contributed by atoms with Gasteiger partial charge in [-0.1, -0.05) is 0 Å². The molecule has 0 spiro atoms. The Balaban J connectivity index is 1.43. The maximum atomic E-state index is 9.04. The van der Waals surface area contributed by atoms with E-state index in [-0.39, 0.29) is 5.92 Å². The third-order valence-corrected chi connectivity index (χ3v) is 11.8. The van der Waals surface area contributed by atoms with Gasteiger partial charge in [-0.05, 0) is 0 Å². The van der Waals surface area contributed by atoms with Crippen LogP contribution in [-0.2, 0) is 7.06 Å². The Labute approximate surface area is 140 Å². The van der Waals surface area contributed by atoms with Crippen LogP contribution in [0.2, 0.25) is 0 Å². The standard InChI is InChI=1S/C10H17NO.C7H10NO.Ga/c1-7-5-6-8-3-2-4-9(12)10(8)11-7;8-5-6-1-3-7(9)4-2-6;/h7-10H,2-6H2,1H3;6-7H,1-4H2;/q-2;-1;+3. The Bertz CT molecular complexity index is 446. The Morgan fingerprint density at radius 2 is 1.91 bits per heavy atom. The molecule has 0 aromatic rings. The molecule has 0 bridgehead atoms. The number of hydrogen-bond acceptors (Lipinski definition) is 4. The maximum absolute atomic E-state index is 9.04. The Hall–Kier alpha value is 0.00636. The Morgan fingerprint density at radius 1 is 1.09 bits per heavy atom. The molecule has 4 atom stereocenters. The molecule has 0 radical (unpaired) electrons. The summed E-state index contributed by atoms with van der Waals surface area (Å²) in [6.45, 7) is 2.38. The van der Waals surface area contributed by atoms with Crippen molar-refractivity contribution < 1.29 is 7.06 Å². The Morgan fingerprint density at radius 3 is 2.68 bits per heavy atom. The van der Waals surface area contributed by atoms with E-state index < -0.39 is 17.2 Å². The van der Waals surface area contributed by atoms with Crippen molar-refractivity contribution in [2.45, 2.75) is 89.0 Å². The molecule has 4 rings (SSSR count). The monoisotopic (exact) mass is 360 g/mol. The molecule has 2 saturated heterocycles. The van der Waals surface area contributed by atoms with E-state index in [0.29, 0.717) is 24.3 Å². The first-order valence-electron chi connectivity index (χ1n) is 9.24. The van der Waals surface area contributed by atoms with Crippen LogP contribution >= 0.6 is 0 Å². The van der Waals surface area contributed by atoms with Crippen LogP contribution in [0.1, 0.15) is 64.7 Å². The summed E-state index contributed by atoms with van der Waals surface area (Å²) in [4.78, 5) is 0. The fourth-order valence-electron chi connectivity index (χ4n) is 5.19. The molecule has 0 aromatic heterocycles. The minimum absolute atomic E-state index is 0.262. The summed E-state index contributed by atoms with van der Waals surface area (Å²) in [6.07, 6.45) is 11.7. The van der Waals surface area contributed by atoms with Gasteiger partial charge in [0, 0.05) is 0 Å². The molecule has 2 aliphatic carbocycles. The van der Waals surface area contributed by atoms with Gasteiger partial charge in [-0.2, -0.15) is 0 Å². The summed E-state index contributed by atoms with van der Waals surface area (Å²) in [7, 11) is 0. The number of rotatable bonds is 2. The third-order valence-electron chi connectivity index (χ3n) is 6.44. The zero-order chi connectivity index (χ0) is 15.1. The van der Waals surface area contributed by atoms with Crippen LogP contribution in [0.4, 0.5) is 0 Å². The van der Waals surface area contributed by atoms with Crippen LogP contribution in [0.15, 0.2) is 0 Å². The normalized spacial score (nSPS) is 45.4. The van der Waals surface area contributed by atoms with E-state index in [0.717, 1.165) is 31.6 Å². The van der Waals surface area contributed by atoms with Crippen molar-refractivity contribution in [3.05, 3.63) is 0 Å². The summed E-state index contributed by atoms with van der Waals surface area (Å²) >= 11 is -2.26. The van der Waals surface area contributed by atoms with E-state index in [1.807, 2.05) is 0 Å². The van der Waals surface area contributed by atoms with Crippen molar-refractivity contribution in [1.29, 1.82) is 5.26 Å². The molecule has 4 nitrogen and oxygen atoms in total. The second-order valence-corrected chi connectivity index (χ2v) is 11.5. The molecule has 22 heavy (non-hydrogen) atoms. The molecule has 2 heterocycles. The average molecular weight is 361 g/mol. The number of nitriles is 1. The molecule has 4 unspecified atom stereocenters. The molecule has 0 amide bonds. The number of hydrogen-bond donors (Lipinski definition) is 0. The minimum atomic E-state index is -2.26. The first-order chi connectivity index (χ1) is 10.8. The molecular formula is C17H27GaN2O2. The van der Waals surface area contributed by atoms with Gasteiger partial charge in [-0.3, -0.25) is 0 Å². The van der Waals surface area contributed by atoms with Gasteiger partial charge in [-0.25, -0.2) is 0 Å². The van der Waals surface area contributed by atoms with E-state index in [2.05, 4.69) is 16.6 Å². The van der Waals surface area contributed by atoms with Gasteiger partial charge in [-0.15, -0.1) is 0 Å². The summed E-state index contributed by atoms with van der Waals surface area (Å²) in [5.74, 6) is 1.13. The van der Waals surface area contributed by atoms with E-state index in [1.54, 1.807) is 0 Å². The fourth-order valence-corrected chi connectivity index (χ4v) is 11.1. The van der Waals surface area contributed by atoms with Gasteiger partial charge in [0.1, 0.15) is 0 Å². The zero-order valence-corrected chi connectivity index (χ0v) is 16.0. The van der Waals surface area contributed by atoms with Gasteiger partial charge >= 0.3 is 140 Å². The van der Waals surface area contributed by atoms with E-state index >= 15 is 0 Å². The van der Waals surface area contributed by atoms with Crippen LogP contribution in [0, 0.1) is 23.2 Å². The van der Waals surface area contributed by atoms with E-state index in [4.69, 9.17) is 12.3 Å². The first kappa shape index (κ1) is 15.5. The molecule has 0 aromatic carbocycles. The van der Waals surface area contributed by atoms with Crippen LogP contribution in [0.5, 0.6) is 0 Å². The SMILES string of the molecule is CC1CCC2CCCC3[O][Ga]([O]C4CCC(C#N)CC4)[N]1C23. The first-order valence-corrected chi connectivity index (χ1v) is 12.3. The summed E-state index contributed by atoms with van der Waals surface area (Å²) < 4.78 is 15.8. The molecule has 2 aliphatic heterocycles. The predicted octanol–water partition coefficient (Wildman–Crippen LogP) is 3.12. The molecule has 5 heteroatoms. The van der Waals surface area contributed by atoms with Crippen molar-refractivity contribution >= 4 is 17.2 Å². The predicted molar refractivity (Wildman–Crippen MR) is 84.7 cm³/mol. The van der Waals surface area contributed by atoms with Crippen LogP contribution in [0.3, 0.4) is 0 Å². The zero-order valence-electron chi connectivity index (χ0n) is 13.6. The second-order valence-electron chi connectivity index (χ2n) is 7.78. The van der Waals surface area contributed by atoms with Gasteiger partial charge in [0.25, 0.3) is 0 Å². The van der Waals surface area contributed by atoms with Crippen LogP contribution in [0.25, 0.3) is 0 Å². The topological polar surface area (TPSA) is 45.5 Å².